The summed E-state index contributed by atoms with van der Waals surface area (Å²) in [4.78, 5) is 24.9. The second-order valence-corrected chi connectivity index (χ2v) is 4.38. The van der Waals surface area contributed by atoms with Gasteiger partial charge in [-0.05, 0) is 11.6 Å². The van der Waals surface area contributed by atoms with E-state index in [1.807, 2.05) is 0 Å². The third kappa shape index (κ3) is 3.40. The van der Waals surface area contributed by atoms with Crippen molar-refractivity contribution in [3.8, 4) is 0 Å². The van der Waals surface area contributed by atoms with E-state index in [-0.39, 0.29) is 6.42 Å². The molecule has 21 heavy (non-hydrogen) atoms. The van der Waals surface area contributed by atoms with Gasteiger partial charge in [-0.3, -0.25) is 0 Å². The van der Waals surface area contributed by atoms with Gasteiger partial charge in [0.25, 0.3) is 0 Å². The average Bonchev–Trinajstić information content (AvgIpc) is 2.81. The number of rotatable bonds is 3. The summed E-state index contributed by atoms with van der Waals surface area (Å²) in [5.41, 5.74) is 6.94. The third-order valence-corrected chi connectivity index (χ3v) is 2.84. The first-order chi connectivity index (χ1) is 9.79. The minimum atomic E-state index is -5.23. The van der Waals surface area contributed by atoms with Crippen LogP contribution in [0.5, 0.6) is 0 Å². The van der Waals surface area contributed by atoms with Gasteiger partial charge in [-0.1, -0.05) is 18.2 Å². The Balaban J connectivity index is 2.06. The van der Waals surface area contributed by atoms with Gasteiger partial charge in [-0.15, -0.1) is 0 Å². The van der Waals surface area contributed by atoms with Gasteiger partial charge < -0.3 is 15.5 Å². The molecule has 2 rings (SSSR count). The number of halogens is 3. The molecule has 0 aliphatic rings. The molecular formula is C13H11F3N2O3. The topological polar surface area (TPSA) is 85.2 Å². The minimum absolute atomic E-state index is 0.0476. The highest BCUT2D eigenvalue weighted by Gasteiger charge is 2.43. The predicted molar refractivity (Wildman–Crippen MR) is 67.1 cm³/mol. The molecule has 0 aliphatic carbocycles. The van der Waals surface area contributed by atoms with Crippen LogP contribution in [0.3, 0.4) is 0 Å². The molecule has 0 radical (unpaired) electrons. The Bertz CT molecular complexity index is 679. The summed E-state index contributed by atoms with van der Waals surface area (Å²) < 4.78 is 39.7. The van der Waals surface area contributed by atoms with Gasteiger partial charge in [-0.2, -0.15) is 13.2 Å². The van der Waals surface area contributed by atoms with Crippen LogP contribution in [0.15, 0.2) is 30.5 Å². The molecule has 1 aromatic carbocycles. The molecule has 0 aliphatic heterocycles. The number of ether oxygens (including phenoxy) is 1. The summed E-state index contributed by atoms with van der Waals surface area (Å²) in [6.07, 6.45) is -3.67. The quantitative estimate of drug-likeness (QED) is 0.667. The molecule has 1 aromatic heterocycles. The lowest BCUT2D eigenvalue weighted by molar-refractivity contribution is -0.202. The van der Waals surface area contributed by atoms with Crippen LogP contribution in [0.2, 0.25) is 0 Å². The maximum atomic E-state index is 12.0. The number of alkyl halides is 3. The number of aromatic amines is 1. The highest BCUT2D eigenvalue weighted by atomic mass is 19.4. The van der Waals surface area contributed by atoms with E-state index >= 15 is 0 Å². The van der Waals surface area contributed by atoms with Crippen molar-refractivity contribution in [3.63, 3.8) is 0 Å². The monoisotopic (exact) mass is 300 g/mol. The fraction of sp³-hybridized carbons (Fsp3) is 0.231. The first kappa shape index (κ1) is 15.0. The molecule has 112 valence electrons. The van der Waals surface area contributed by atoms with E-state index in [0.717, 1.165) is 10.9 Å². The second-order valence-electron chi connectivity index (χ2n) is 4.38. The summed E-state index contributed by atoms with van der Waals surface area (Å²) in [6.45, 7) is 0. The standard InChI is InChI=1S/C13H11F3N2O3/c14-13(15,16)12(20)21-11(19)9(17)5-7-6-18-10-4-2-1-3-8(7)10/h1-4,6,9,18H,5,17H2/t9-/m0/s1. The molecule has 3 N–H and O–H groups in total. The Labute approximate surface area is 116 Å². The second kappa shape index (κ2) is 5.57. The fourth-order valence-corrected chi connectivity index (χ4v) is 1.85. The molecule has 0 unspecified atom stereocenters. The van der Waals surface area contributed by atoms with Crippen molar-refractivity contribution in [2.45, 2.75) is 18.6 Å². The SMILES string of the molecule is N[C@@H](Cc1c[nH]c2ccccc12)C(=O)OC(=O)C(F)(F)F. The normalized spacial score (nSPS) is 13.1. The summed E-state index contributed by atoms with van der Waals surface area (Å²) in [6, 6.07) is 5.79. The molecule has 0 bridgehead atoms. The number of para-hydroxylation sites is 1. The van der Waals surface area contributed by atoms with Gasteiger partial charge in [0.05, 0.1) is 0 Å². The van der Waals surface area contributed by atoms with Crippen molar-refractivity contribution < 1.29 is 27.5 Å². The zero-order valence-corrected chi connectivity index (χ0v) is 10.6. The van der Waals surface area contributed by atoms with Crippen molar-refractivity contribution in [2.75, 3.05) is 0 Å². The molecule has 5 nitrogen and oxygen atoms in total. The summed E-state index contributed by atoms with van der Waals surface area (Å²) in [5.74, 6) is -3.98. The van der Waals surface area contributed by atoms with Crippen LogP contribution in [0, 0.1) is 0 Å². The number of H-pyrrole nitrogens is 1. The van der Waals surface area contributed by atoms with Crippen LogP contribution in [0.4, 0.5) is 13.2 Å². The van der Waals surface area contributed by atoms with Gasteiger partial charge in [0, 0.05) is 23.5 Å². The lowest BCUT2D eigenvalue weighted by atomic mass is 10.1. The number of carbonyl (C=O) groups is 2. The number of fused-ring (bicyclic) bond motifs is 1. The highest BCUT2D eigenvalue weighted by molar-refractivity contribution is 5.91. The number of carbonyl (C=O) groups excluding carboxylic acids is 2. The van der Waals surface area contributed by atoms with Gasteiger partial charge in [0.1, 0.15) is 6.04 Å². The maximum Gasteiger partial charge on any atom is 0.491 e. The van der Waals surface area contributed by atoms with E-state index < -0.39 is 24.2 Å². The molecule has 8 heteroatoms. The molecular weight excluding hydrogens is 289 g/mol. The number of nitrogens with one attached hydrogen (secondary N) is 1. The van der Waals surface area contributed by atoms with Crippen molar-refractivity contribution >= 4 is 22.8 Å². The van der Waals surface area contributed by atoms with E-state index in [1.165, 1.54) is 0 Å². The maximum absolute atomic E-state index is 12.0. The summed E-state index contributed by atoms with van der Waals surface area (Å²) in [7, 11) is 0. The molecule has 1 heterocycles. The predicted octanol–water partition coefficient (Wildman–Crippen LogP) is 1.67. The van der Waals surface area contributed by atoms with Gasteiger partial charge in [0.2, 0.25) is 0 Å². The first-order valence-electron chi connectivity index (χ1n) is 5.92. The van der Waals surface area contributed by atoms with E-state index in [1.54, 1.807) is 30.5 Å². The summed E-state index contributed by atoms with van der Waals surface area (Å²) in [5, 5.41) is 0.794. The van der Waals surface area contributed by atoms with E-state index in [2.05, 4.69) is 9.72 Å². The zero-order valence-electron chi connectivity index (χ0n) is 10.6. The number of nitrogens with two attached hydrogens (primary N) is 1. The van der Waals surface area contributed by atoms with Crippen LogP contribution >= 0.6 is 0 Å². The minimum Gasteiger partial charge on any atom is -0.385 e. The molecule has 1 atom stereocenters. The van der Waals surface area contributed by atoms with E-state index in [9.17, 15) is 22.8 Å². The van der Waals surface area contributed by atoms with Crippen LogP contribution in [-0.4, -0.2) is 29.1 Å². The van der Waals surface area contributed by atoms with Crippen molar-refractivity contribution in [2.24, 2.45) is 5.73 Å². The van der Waals surface area contributed by atoms with Crippen LogP contribution in [0.1, 0.15) is 5.56 Å². The lowest BCUT2D eigenvalue weighted by Gasteiger charge is -2.11. The number of aromatic nitrogens is 1. The molecule has 0 saturated carbocycles. The highest BCUT2D eigenvalue weighted by Crippen LogP contribution is 2.20. The number of esters is 2. The Morgan fingerprint density at radius 1 is 1.29 bits per heavy atom. The van der Waals surface area contributed by atoms with Crippen LogP contribution in [-0.2, 0) is 20.7 Å². The van der Waals surface area contributed by atoms with Gasteiger partial charge in [-0.25, -0.2) is 9.59 Å². The van der Waals surface area contributed by atoms with E-state index in [0.29, 0.717) is 5.56 Å². The largest absolute Gasteiger partial charge is 0.491 e. The number of benzene rings is 1. The number of hydrogen-bond acceptors (Lipinski definition) is 4. The summed E-state index contributed by atoms with van der Waals surface area (Å²) >= 11 is 0. The average molecular weight is 300 g/mol. The van der Waals surface area contributed by atoms with Crippen molar-refractivity contribution in [3.05, 3.63) is 36.0 Å². The van der Waals surface area contributed by atoms with E-state index in [4.69, 9.17) is 5.73 Å². The molecule has 0 saturated heterocycles. The third-order valence-electron chi connectivity index (χ3n) is 2.84. The van der Waals surface area contributed by atoms with Crippen LogP contribution in [0.25, 0.3) is 10.9 Å². The molecule has 0 fully saturated rings. The zero-order chi connectivity index (χ0) is 15.6. The number of hydrogen-bond donors (Lipinski definition) is 2. The van der Waals surface area contributed by atoms with Gasteiger partial charge >= 0.3 is 18.1 Å². The Morgan fingerprint density at radius 3 is 2.62 bits per heavy atom. The molecule has 0 spiro atoms. The first-order valence-corrected chi connectivity index (χ1v) is 5.92. The Morgan fingerprint density at radius 2 is 1.95 bits per heavy atom. The molecule has 2 aromatic rings. The molecule has 0 amide bonds. The van der Waals surface area contributed by atoms with Crippen molar-refractivity contribution in [1.82, 2.24) is 4.98 Å². The smallest absolute Gasteiger partial charge is 0.385 e. The Kier molecular flexibility index (Phi) is 3.99. The van der Waals surface area contributed by atoms with Crippen LogP contribution < -0.4 is 5.73 Å². The lowest BCUT2D eigenvalue weighted by Crippen LogP contribution is -2.38. The Hall–Kier alpha value is -2.35. The van der Waals surface area contributed by atoms with Gasteiger partial charge in [0.15, 0.2) is 0 Å². The fourth-order valence-electron chi connectivity index (χ4n) is 1.85. The van der Waals surface area contributed by atoms with Crippen molar-refractivity contribution in [1.29, 1.82) is 0 Å².